The molecule has 0 fully saturated rings. The summed E-state index contributed by atoms with van der Waals surface area (Å²) < 4.78 is 0. The Morgan fingerprint density at radius 3 is 2.38 bits per heavy atom. The molecule has 0 aliphatic rings. The van der Waals surface area contributed by atoms with Crippen molar-refractivity contribution >= 4 is 33.3 Å². The molecule has 1 amide bonds. The zero-order valence-corrected chi connectivity index (χ0v) is 10.7. The first-order valence-electron chi connectivity index (χ1n) is 5.12. The molecule has 1 N–H and O–H groups in total. The summed E-state index contributed by atoms with van der Waals surface area (Å²) in [6.07, 6.45) is 1.02. The molecular weight excluding hydrogens is 270 g/mol. The standard InChI is InChI=1S/C12H14BrNO2/c1-2-11(15)7-9-3-5-10(6-4-9)14-12(16)8-13/h3-6H,2,7-8H2,1H3,(H,14,16). The predicted molar refractivity (Wildman–Crippen MR) is 67.9 cm³/mol. The van der Waals surface area contributed by atoms with Gasteiger partial charge in [0.1, 0.15) is 5.78 Å². The molecule has 0 spiro atoms. The van der Waals surface area contributed by atoms with Crippen molar-refractivity contribution < 1.29 is 9.59 Å². The van der Waals surface area contributed by atoms with Crippen molar-refractivity contribution in [2.24, 2.45) is 0 Å². The maximum absolute atomic E-state index is 11.2. The van der Waals surface area contributed by atoms with Crippen molar-refractivity contribution in [2.75, 3.05) is 10.6 Å². The van der Waals surface area contributed by atoms with Crippen LogP contribution in [0.3, 0.4) is 0 Å². The second kappa shape index (κ2) is 6.43. The van der Waals surface area contributed by atoms with E-state index in [0.717, 1.165) is 11.3 Å². The zero-order valence-electron chi connectivity index (χ0n) is 9.13. The normalized spacial score (nSPS) is 9.88. The van der Waals surface area contributed by atoms with Gasteiger partial charge in [-0.1, -0.05) is 35.0 Å². The number of ketones is 1. The lowest BCUT2D eigenvalue weighted by atomic mass is 10.1. The lowest BCUT2D eigenvalue weighted by Crippen LogP contribution is -2.12. The van der Waals surface area contributed by atoms with E-state index < -0.39 is 0 Å². The van der Waals surface area contributed by atoms with Crippen molar-refractivity contribution in [3.8, 4) is 0 Å². The van der Waals surface area contributed by atoms with Crippen LogP contribution in [-0.2, 0) is 16.0 Å². The molecule has 0 atom stereocenters. The van der Waals surface area contributed by atoms with Crippen molar-refractivity contribution in [1.29, 1.82) is 0 Å². The van der Waals surface area contributed by atoms with Crippen LogP contribution in [0.4, 0.5) is 5.69 Å². The Labute approximate surface area is 103 Å². The summed E-state index contributed by atoms with van der Waals surface area (Å²) in [5.41, 5.74) is 1.72. The highest BCUT2D eigenvalue weighted by atomic mass is 79.9. The topological polar surface area (TPSA) is 46.2 Å². The second-order valence-electron chi connectivity index (χ2n) is 3.45. The molecule has 0 aliphatic heterocycles. The van der Waals surface area contributed by atoms with Crippen molar-refractivity contribution in [2.45, 2.75) is 19.8 Å². The number of nitrogens with one attached hydrogen (secondary N) is 1. The summed E-state index contributed by atoms with van der Waals surface area (Å²) in [6.45, 7) is 1.85. The summed E-state index contributed by atoms with van der Waals surface area (Å²) in [4.78, 5) is 22.3. The minimum absolute atomic E-state index is 0.0858. The number of halogens is 1. The number of Topliss-reactive ketones (excluding diaryl/α,β-unsaturated/α-hetero) is 1. The van der Waals surface area contributed by atoms with Crippen LogP contribution in [-0.4, -0.2) is 17.0 Å². The summed E-state index contributed by atoms with van der Waals surface area (Å²) in [5.74, 6) is 0.134. The van der Waals surface area contributed by atoms with E-state index in [0.29, 0.717) is 12.8 Å². The number of rotatable bonds is 5. The van der Waals surface area contributed by atoms with Gasteiger partial charge in [-0.2, -0.15) is 0 Å². The van der Waals surface area contributed by atoms with E-state index in [1.165, 1.54) is 0 Å². The fourth-order valence-electron chi connectivity index (χ4n) is 1.25. The molecular formula is C12H14BrNO2. The Balaban J connectivity index is 2.60. The number of amides is 1. The van der Waals surface area contributed by atoms with Gasteiger partial charge in [0.05, 0.1) is 5.33 Å². The molecule has 16 heavy (non-hydrogen) atoms. The first-order chi connectivity index (χ1) is 7.65. The van der Waals surface area contributed by atoms with Crippen LogP contribution in [0.2, 0.25) is 0 Å². The summed E-state index contributed by atoms with van der Waals surface area (Å²) in [6, 6.07) is 7.33. The van der Waals surface area contributed by atoms with Gasteiger partial charge in [0.2, 0.25) is 5.91 Å². The summed E-state index contributed by atoms with van der Waals surface area (Å²) in [7, 11) is 0. The fraction of sp³-hybridized carbons (Fsp3) is 0.333. The largest absolute Gasteiger partial charge is 0.325 e. The van der Waals surface area contributed by atoms with Crippen LogP contribution in [0.15, 0.2) is 24.3 Å². The van der Waals surface area contributed by atoms with E-state index in [4.69, 9.17) is 0 Å². The molecule has 0 radical (unpaired) electrons. The van der Waals surface area contributed by atoms with Gasteiger partial charge in [-0.15, -0.1) is 0 Å². The number of anilines is 1. The Kier molecular flexibility index (Phi) is 5.19. The Morgan fingerprint density at radius 2 is 1.88 bits per heavy atom. The molecule has 0 heterocycles. The molecule has 1 aromatic carbocycles. The average molecular weight is 284 g/mol. The molecule has 3 nitrogen and oxygen atoms in total. The zero-order chi connectivity index (χ0) is 12.0. The number of hydrogen-bond donors (Lipinski definition) is 1. The third-order valence-electron chi connectivity index (χ3n) is 2.15. The van der Waals surface area contributed by atoms with Crippen LogP contribution >= 0.6 is 15.9 Å². The van der Waals surface area contributed by atoms with E-state index >= 15 is 0 Å². The predicted octanol–water partition coefficient (Wildman–Crippen LogP) is 2.54. The van der Waals surface area contributed by atoms with E-state index in [1.54, 1.807) is 12.1 Å². The van der Waals surface area contributed by atoms with Crippen molar-refractivity contribution in [3.63, 3.8) is 0 Å². The summed E-state index contributed by atoms with van der Waals surface area (Å²) in [5, 5.41) is 3.00. The van der Waals surface area contributed by atoms with Crippen LogP contribution < -0.4 is 5.32 Å². The number of alkyl halides is 1. The van der Waals surface area contributed by atoms with Gasteiger partial charge < -0.3 is 5.32 Å². The average Bonchev–Trinajstić information content (AvgIpc) is 2.31. The van der Waals surface area contributed by atoms with E-state index in [2.05, 4.69) is 21.2 Å². The van der Waals surface area contributed by atoms with Crippen LogP contribution in [0, 0.1) is 0 Å². The quantitative estimate of drug-likeness (QED) is 0.845. The van der Waals surface area contributed by atoms with Crippen LogP contribution in [0.1, 0.15) is 18.9 Å². The van der Waals surface area contributed by atoms with Gasteiger partial charge in [-0.05, 0) is 17.7 Å². The minimum Gasteiger partial charge on any atom is -0.325 e. The molecule has 0 aliphatic carbocycles. The molecule has 0 bridgehead atoms. The number of carbonyl (C=O) groups excluding carboxylic acids is 2. The van der Waals surface area contributed by atoms with E-state index in [9.17, 15) is 9.59 Å². The maximum atomic E-state index is 11.2. The van der Waals surface area contributed by atoms with Crippen molar-refractivity contribution in [1.82, 2.24) is 0 Å². The van der Waals surface area contributed by atoms with Gasteiger partial charge in [0.15, 0.2) is 0 Å². The minimum atomic E-state index is -0.0858. The van der Waals surface area contributed by atoms with Crippen LogP contribution in [0.25, 0.3) is 0 Å². The Hall–Kier alpha value is -1.16. The monoisotopic (exact) mass is 283 g/mol. The lowest BCUT2D eigenvalue weighted by Gasteiger charge is -2.04. The van der Waals surface area contributed by atoms with E-state index in [-0.39, 0.29) is 17.0 Å². The number of benzene rings is 1. The first-order valence-corrected chi connectivity index (χ1v) is 6.24. The third kappa shape index (κ3) is 4.14. The molecule has 4 heteroatoms. The Morgan fingerprint density at radius 1 is 1.25 bits per heavy atom. The molecule has 0 saturated heterocycles. The molecule has 0 unspecified atom stereocenters. The molecule has 0 saturated carbocycles. The first kappa shape index (κ1) is 12.9. The molecule has 0 aromatic heterocycles. The highest BCUT2D eigenvalue weighted by Gasteiger charge is 2.02. The highest BCUT2D eigenvalue weighted by Crippen LogP contribution is 2.10. The second-order valence-corrected chi connectivity index (χ2v) is 4.01. The van der Waals surface area contributed by atoms with Crippen LogP contribution in [0.5, 0.6) is 0 Å². The van der Waals surface area contributed by atoms with Gasteiger partial charge in [0, 0.05) is 18.5 Å². The molecule has 86 valence electrons. The molecule has 1 aromatic rings. The SMILES string of the molecule is CCC(=O)Cc1ccc(NC(=O)CBr)cc1. The van der Waals surface area contributed by atoms with Crippen molar-refractivity contribution in [3.05, 3.63) is 29.8 Å². The van der Waals surface area contributed by atoms with Gasteiger partial charge in [-0.25, -0.2) is 0 Å². The summed E-state index contributed by atoms with van der Waals surface area (Å²) >= 11 is 3.07. The fourth-order valence-corrected chi connectivity index (χ4v) is 1.39. The van der Waals surface area contributed by atoms with E-state index in [1.807, 2.05) is 19.1 Å². The third-order valence-corrected chi connectivity index (χ3v) is 2.66. The lowest BCUT2D eigenvalue weighted by molar-refractivity contribution is -0.118. The van der Waals surface area contributed by atoms with Gasteiger partial charge in [-0.3, -0.25) is 9.59 Å². The Bertz CT molecular complexity index is 336. The number of hydrogen-bond acceptors (Lipinski definition) is 2. The highest BCUT2D eigenvalue weighted by molar-refractivity contribution is 9.09. The molecule has 1 rings (SSSR count). The van der Waals surface area contributed by atoms with Gasteiger partial charge >= 0.3 is 0 Å². The maximum Gasteiger partial charge on any atom is 0.235 e. The van der Waals surface area contributed by atoms with Gasteiger partial charge in [0.25, 0.3) is 0 Å². The smallest absolute Gasteiger partial charge is 0.235 e. The number of carbonyl (C=O) groups is 2.